The van der Waals surface area contributed by atoms with Crippen LogP contribution in [0.2, 0.25) is 0 Å². The molecule has 0 aliphatic carbocycles. The van der Waals surface area contributed by atoms with Gasteiger partial charge in [-0.3, -0.25) is 14.2 Å². The smallest absolute Gasteiger partial charge is 0.302 e. The van der Waals surface area contributed by atoms with Crippen molar-refractivity contribution in [2.45, 2.75) is 38.3 Å². The highest BCUT2D eigenvalue weighted by Gasteiger charge is 2.35. The molecule has 1 atom stereocenters. The van der Waals surface area contributed by atoms with Gasteiger partial charge in [0, 0.05) is 31.1 Å². The van der Waals surface area contributed by atoms with Gasteiger partial charge in [-0.2, -0.15) is 8.78 Å². The van der Waals surface area contributed by atoms with Crippen molar-refractivity contribution in [1.82, 2.24) is 19.9 Å². The minimum atomic E-state index is -3.65. The van der Waals surface area contributed by atoms with E-state index in [9.17, 15) is 18.4 Å². The number of anilines is 1. The van der Waals surface area contributed by atoms with Gasteiger partial charge in [0.1, 0.15) is 6.04 Å². The van der Waals surface area contributed by atoms with Gasteiger partial charge in [-0.15, -0.1) is 0 Å². The van der Waals surface area contributed by atoms with Gasteiger partial charge in [0.25, 0.3) is 5.56 Å². The zero-order valence-electron chi connectivity index (χ0n) is 19.1. The quantitative estimate of drug-likeness (QED) is 0.665. The molecule has 1 saturated heterocycles. The van der Waals surface area contributed by atoms with Crippen LogP contribution in [0.15, 0.2) is 35.1 Å². The molecule has 10 heteroatoms. The number of carbonyl (C=O) groups is 1. The number of aromatic nitrogens is 3. The van der Waals surface area contributed by atoms with Gasteiger partial charge in [0.05, 0.1) is 0 Å². The molecule has 1 aliphatic heterocycles. The molecule has 158 valence electrons. The largest absolute Gasteiger partial charge is 0.350 e. The number of nitrogens with zero attached hydrogens (tertiary/aromatic N) is 4. The van der Waals surface area contributed by atoms with Gasteiger partial charge in [0.15, 0.2) is 21.3 Å². The summed E-state index contributed by atoms with van der Waals surface area (Å²) in [6, 6.07) is 8.86. The fraction of sp³-hybridized carbons (Fsp3) is 0.400. The maximum atomic E-state index is 14.1. The molecule has 1 N–H and O–H groups in total. The number of carbonyl (C=O) groups excluding carboxylic acids is 1. The molecule has 2 aromatic heterocycles. The van der Waals surface area contributed by atoms with Crippen molar-refractivity contribution in [3.63, 3.8) is 0 Å². The molecule has 7 nitrogen and oxygen atoms in total. The van der Waals surface area contributed by atoms with Crippen LogP contribution in [0.4, 0.5) is 13.9 Å². The van der Waals surface area contributed by atoms with Crippen LogP contribution in [0.25, 0.3) is 10.3 Å². The Morgan fingerprint density at radius 3 is 2.83 bits per heavy atom. The fourth-order valence-electron chi connectivity index (χ4n) is 3.45. The third-order valence-electron chi connectivity index (χ3n) is 4.93. The van der Waals surface area contributed by atoms with E-state index in [1.165, 1.54) is 0 Å². The predicted molar refractivity (Wildman–Crippen MR) is 111 cm³/mol. The van der Waals surface area contributed by atoms with Crippen LogP contribution in [-0.2, 0) is 24.2 Å². The summed E-state index contributed by atoms with van der Waals surface area (Å²) in [5.41, 5.74) is -0.532. The van der Waals surface area contributed by atoms with Gasteiger partial charge in [-0.25, -0.2) is 9.97 Å². The molecular weight excluding hydrogens is 412 g/mol. The molecule has 1 unspecified atom stereocenters. The van der Waals surface area contributed by atoms with Crippen molar-refractivity contribution in [2.75, 3.05) is 11.4 Å². The Morgan fingerprint density at radius 1 is 1.37 bits per heavy atom. The molecule has 4 rings (SSSR count). The number of hydrogen-bond acceptors (Lipinski definition) is 6. The first-order valence-electron chi connectivity index (χ1n) is 10.9. The Labute approximate surface area is 179 Å². The summed E-state index contributed by atoms with van der Waals surface area (Å²) in [4.78, 5) is 35.3. The van der Waals surface area contributed by atoms with Crippen LogP contribution in [0.1, 0.15) is 35.3 Å². The first-order valence-corrected chi connectivity index (χ1v) is 10.2. The maximum absolute atomic E-state index is 14.1. The second kappa shape index (κ2) is 7.75. The molecular formula is C20H21F2N5O2S. The summed E-state index contributed by atoms with van der Waals surface area (Å²) < 4.78 is 50.8. The number of thiazole rings is 1. The second-order valence-corrected chi connectivity index (χ2v) is 8.13. The molecule has 0 bridgehead atoms. The highest BCUT2D eigenvalue weighted by molar-refractivity contribution is 7.21. The summed E-state index contributed by atoms with van der Waals surface area (Å²) in [5, 5.41) is 3.15. The minimum Gasteiger partial charge on any atom is -0.350 e. The summed E-state index contributed by atoms with van der Waals surface area (Å²) in [7, 11) is 0. The lowest BCUT2D eigenvalue weighted by Crippen LogP contribution is -2.43. The van der Waals surface area contributed by atoms with Crippen LogP contribution >= 0.6 is 11.3 Å². The van der Waals surface area contributed by atoms with Crippen molar-refractivity contribution < 1.29 is 17.7 Å². The topological polar surface area (TPSA) is 80.1 Å². The zero-order valence-corrected chi connectivity index (χ0v) is 16.9. The molecule has 0 saturated carbocycles. The van der Waals surface area contributed by atoms with Gasteiger partial charge >= 0.3 is 5.92 Å². The molecule has 1 fully saturated rings. The number of hydrogen-bond donors (Lipinski definition) is 1. The van der Waals surface area contributed by atoms with Crippen molar-refractivity contribution >= 4 is 32.7 Å². The molecule has 3 heterocycles. The molecule has 0 radical (unpaired) electrons. The highest BCUT2D eigenvalue weighted by atomic mass is 32.1. The zero-order chi connectivity index (χ0) is 24.0. The van der Waals surface area contributed by atoms with E-state index in [1.54, 1.807) is 4.90 Å². The van der Waals surface area contributed by atoms with E-state index in [0.29, 0.717) is 32.9 Å². The standard InChI is InChI=1S/C20H21F2N5O2S/c1-20(21,22)18-25-16-14(17(29)26(18)2)24-19(30-16)27-10-6-9-13(27)15(28)23-11-12-7-4-3-5-8-12/h3-5,7-8,13H,6,9-11H2,1-2H3,(H,23,28)/i2D3. The third-order valence-corrected chi connectivity index (χ3v) is 5.91. The Bertz CT molecular complexity index is 1240. The Hall–Kier alpha value is -2.88. The molecule has 1 aromatic carbocycles. The molecule has 30 heavy (non-hydrogen) atoms. The average molecular weight is 437 g/mol. The summed E-state index contributed by atoms with van der Waals surface area (Å²) in [5.74, 6) is -5.02. The van der Waals surface area contributed by atoms with E-state index in [1.807, 2.05) is 30.3 Å². The van der Waals surface area contributed by atoms with Crippen LogP contribution in [-0.4, -0.2) is 33.0 Å². The Morgan fingerprint density at radius 2 is 2.13 bits per heavy atom. The number of rotatable bonds is 5. The summed E-state index contributed by atoms with van der Waals surface area (Å²) in [6.45, 7) is -1.83. The van der Waals surface area contributed by atoms with E-state index in [-0.39, 0.29) is 26.0 Å². The number of benzene rings is 1. The lowest BCUT2D eigenvalue weighted by molar-refractivity contribution is -0.122. The number of nitrogens with one attached hydrogen (secondary N) is 1. The summed E-state index contributed by atoms with van der Waals surface area (Å²) in [6.07, 6.45) is 1.26. The van der Waals surface area contributed by atoms with E-state index in [4.69, 9.17) is 4.11 Å². The van der Waals surface area contributed by atoms with Crippen LogP contribution in [0.5, 0.6) is 0 Å². The average Bonchev–Trinajstić information content (AvgIpc) is 3.38. The number of fused-ring (bicyclic) bond motifs is 1. The normalized spacial score (nSPS) is 18.8. The van der Waals surface area contributed by atoms with Crippen LogP contribution < -0.4 is 15.8 Å². The Kier molecular flexibility index (Phi) is 4.36. The van der Waals surface area contributed by atoms with Crippen LogP contribution in [0, 0.1) is 0 Å². The lowest BCUT2D eigenvalue weighted by atomic mass is 10.2. The number of halogens is 2. The SMILES string of the molecule is [2H]C([2H])([2H])n1c(C(C)(F)F)nc2sc(N3CCCC3C(=O)NCc3ccccc3)nc2c1=O. The van der Waals surface area contributed by atoms with Gasteiger partial charge in [0.2, 0.25) is 5.91 Å². The second-order valence-electron chi connectivity index (χ2n) is 7.17. The minimum absolute atomic E-state index is 0.0207. The molecule has 0 spiro atoms. The van der Waals surface area contributed by atoms with E-state index >= 15 is 0 Å². The molecule has 1 aliphatic rings. The number of alkyl halides is 2. The summed E-state index contributed by atoms with van der Waals surface area (Å²) >= 11 is 0.887. The predicted octanol–water partition coefficient (Wildman–Crippen LogP) is 2.79. The lowest BCUT2D eigenvalue weighted by Gasteiger charge is -2.23. The fourth-order valence-corrected chi connectivity index (χ4v) is 4.46. The van der Waals surface area contributed by atoms with E-state index in [0.717, 1.165) is 16.9 Å². The van der Waals surface area contributed by atoms with Gasteiger partial charge < -0.3 is 10.2 Å². The van der Waals surface area contributed by atoms with Gasteiger partial charge in [-0.1, -0.05) is 41.7 Å². The van der Waals surface area contributed by atoms with Crippen molar-refractivity contribution in [3.05, 3.63) is 52.1 Å². The van der Waals surface area contributed by atoms with Gasteiger partial charge in [-0.05, 0) is 18.4 Å². The first-order chi connectivity index (χ1) is 15.5. The highest BCUT2D eigenvalue weighted by Crippen LogP contribution is 2.33. The Balaban J connectivity index is 1.67. The van der Waals surface area contributed by atoms with Crippen molar-refractivity contribution in [3.8, 4) is 0 Å². The van der Waals surface area contributed by atoms with Crippen molar-refractivity contribution in [2.24, 2.45) is 6.98 Å². The van der Waals surface area contributed by atoms with E-state index < -0.39 is 30.3 Å². The maximum Gasteiger partial charge on any atom is 0.302 e. The van der Waals surface area contributed by atoms with Crippen LogP contribution in [0.3, 0.4) is 0 Å². The first kappa shape index (κ1) is 16.9. The molecule has 1 amide bonds. The third kappa shape index (κ3) is 3.79. The van der Waals surface area contributed by atoms with E-state index in [2.05, 4.69) is 15.3 Å². The monoisotopic (exact) mass is 436 g/mol. The van der Waals surface area contributed by atoms with Crippen molar-refractivity contribution in [1.29, 1.82) is 0 Å². The number of amides is 1. The molecule has 3 aromatic rings.